The van der Waals surface area contributed by atoms with Crippen LogP contribution >= 0.6 is 0 Å². The minimum atomic E-state index is -0.304. The summed E-state index contributed by atoms with van der Waals surface area (Å²) in [6, 6.07) is 7.48. The van der Waals surface area contributed by atoms with Crippen LogP contribution in [0.3, 0.4) is 0 Å². The van der Waals surface area contributed by atoms with Crippen molar-refractivity contribution >= 4 is 5.97 Å². The van der Waals surface area contributed by atoms with Crippen molar-refractivity contribution in [1.82, 2.24) is 4.90 Å². The van der Waals surface area contributed by atoms with E-state index in [0.29, 0.717) is 24.6 Å². The van der Waals surface area contributed by atoms with Gasteiger partial charge >= 0.3 is 5.97 Å². The number of likely N-dealkylation sites (tertiary alicyclic amines) is 1. The Bertz CT molecular complexity index is 447. The van der Waals surface area contributed by atoms with Crippen LogP contribution in [0.25, 0.3) is 0 Å². The number of piperidine rings is 1. The summed E-state index contributed by atoms with van der Waals surface area (Å²) in [5, 5.41) is 9.92. The van der Waals surface area contributed by atoms with Crippen molar-refractivity contribution < 1.29 is 14.6 Å². The van der Waals surface area contributed by atoms with E-state index >= 15 is 0 Å². The molecule has 1 aromatic rings. The van der Waals surface area contributed by atoms with Gasteiger partial charge in [0.05, 0.1) is 18.8 Å². The van der Waals surface area contributed by atoms with Crippen molar-refractivity contribution in [2.45, 2.75) is 26.0 Å². The number of carbonyl (C=O) groups is 1. The topological polar surface area (TPSA) is 49.8 Å². The number of hydrogen-bond acceptors (Lipinski definition) is 4. The second-order valence-electron chi connectivity index (χ2n) is 5.22. The number of carbonyl (C=O) groups excluding carboxylic acids is 1. The third-order valence-electron chi connectivity index (χ3n) is 3.82. The molecule has 0 bridgehead atoms. The zero-order valence-electron chi connectivity index (χ0n) is 11.5. The minimum absolute atomic E-state index is 0.279. The van der Waals surface area contributed by atoms with Crippen molar-refractivity contribution in [2.24, 2.45) is 5.92 Å². The SMILES string of the molecule is COC(=O)c1ccccc1CN1CC[C@@H](C)[C@H](O)C1. The molecule has 1 fully saturated rings. The van der Waals surface area contributed by atoms with Gasteiger partial charge in [-0.1, -0.05) is 25.1 Å². The zero-order chi connectivity index (χ0) is 13.8. The molecule has 0 radical (unpaired) electrons. The van der Waals surface area contributed by atoms with Crippen LogP contribution in [0.15, 0.2) is 24.3 Å². The summed E-state index contributed by atoms with van der Waals surface area (Å²) in [6.07, 6.45) is 0.709. The first-order valence-electron chi connectivity index (χ1n) is 6.68. The molecule has 2 rings (SSSR count). The van der Waals surface area contributed by atoms with Gasteiger partial charge in [0.1, 0.15) is 0 Å². The molecule has 1 N–H and O–H groups in total. The number of hydrogen-bond donors (Lipinski definition) is 1. The smallest absolute Gasteiger partial charge is 0.338 e. The minimum Gasteiger partial charge on any atom is -0.465 e. The molecular weight excluding hydrogens is 242 g/mol. The van der Waals surface area contributed by atoms with Gasteiger partial charge in [0.2, 0.25) is 0 Å². The van der Waals surface area contributed by atoms with E-state index < -0.39 is 0 Å². The Hall–Kier alpha value is -1.39. The monoisotopic (exact) mass is 263 g/mol. The molecule has 0 aliphatic carbocycles. The summed E-state index contributed by atoms with van der Waals surface area (Å²) in [7, 11) is 1.39. The fourth-order valence-electron chi connectivity index (χ4n) is 2.47. The lowest BCUT2D eigenvalue weighted by Gasteiger charge is -2.34. The molecular formula is C15H21NO3. The lowest BCUT2D eigenvalue weighted by Crippen LogP contribution is -2.42. The highest BCUT2D eigenvalue weighted by molar-refractivity contribution is 5.90. The quantitative estimate of drug-likeness (QED) is 0.843. The molecule has 1 heterocycles. The maximum atomic E-state index is 11.7. The predicted octanol–water partition coefficient (Wildman–Crippen LogP) is 1.68. The number of nitrogens with zero attached hydrogens (tertiary/aromatic N) is 1. The third kappa shape index (κ3) is 3.33. The summed E-state index contributed by atoms with van der Waals surface area (Å²) in [5.41, 5.74) is 1.56. The van der Waals surface area contributed by atoms with E-state index in [0.717, 1.165) is 18.5 Å². The molecule has 0 amide bonds. The standard InChI is InChI=1S/C15H21NO3/c1-11-7-8-16(10-14(11)17)9-12-5-3-4-6-13(12)15(18)19-2/h3-6,11,14,17H,7-10H2,1-2H3/t11-,14-/m1/s1. The molecule has 104 valence electrons. The van der Waals surface area contributed by atoms with Gasteiger partial charge in [-0.3, -0.25) is 4.90 Å². The molecule has 1 saturated heterocycles. The second kappa shape index (κ2) is 6.17. The van der Waals surface area contributed by atoms with Crippen molar-refractivity contribution in [1.29, 1.82) is 0 Å². The summed E-state index contributed by atoms with van der Waals surface area (Å²) in [5.74, 6) is 0.0497. The highest BCUT2D eigenvalue weighted by Crippen LogP contribution is 2.20. The van der Waals surface area contributed by atoms with E-state index in [-0.39, 0.29) is 12.1 Å². The highest BCUT2D eigenvalue weighted by Gasteiger charge is 2.25. The molecule has 4 nitrogen and oxygen atoms in total. The van der Waals surface area contributed by atoms with Gasteiger partial charge in [0.15, 0.2) is 0 Å². The molecule has 19 heavy (non-hydrogen) atoms. The third-order valence-corrected chi connectivity index (χ3v) is 3.82. The van der Waals surface area contributed by atoms with E-state index in [9.17, 15) is 9.90 Å². The first kappa shape index (κ1) is 14.0. The van der Waals surface area contributed by atoms with Crippen LogP contribution in [-0.4, -0.2) is 42.3 Å². The van der Waals surface area contributed by atoms with Gasteiger partial charge in [0.25, 0.3) is 0 Å². The lowest BCUT2D eigenvalue weighted by molar-refractivity contribution is 0.0257. The summed E-state index contributed by atoms with van der Waals surface area (Å²) < 4.78 is 4.80. The van der Waals surface area contributed by atoms with Crippen molar-refractivity contribution in [3.8, 4) is 0 Å². The number of methoxy groups -OCH3 is 1. The average molecular weight is 263 g/mol. The van der Waals surface area contributed by atoms with Crippen LogP contribution < -0.4 is 0 Å². The van der Waals surface area contributed by atoms with Crippen molar-refractivity contribution in [3.05, 3.63) is 35.4 Å². The number of rotatable bonds is 3. The molecule has 1 aromatic carbocycles. The van der Waals surface area contributed by atoms with Crippen molar-refractivity contribution in [3.63, 3.8) is 0 Å². The largest absolute Gasteiger partial charge is 0.465 e. The number of aliphatic hydroxyl groups excluding tert-OH is 1. The molecule has 0 unspecified atom stereocenters. The maximum absolute atomic E-state index is 11.7. The number of aliphatic hydroxyl groups is 1. The van der Waals surface area contributed by atoms with Gasteiger partial charge in [0, 0.05) is 13.1 Å². The Balaban J connectivity index is 2.09. The Kier molecular flexibility index (Phi) is 4.56. The van der Waals surface area contributed by atoms with Crippen LogP contribution in [0.5, 0.6) is 0 Å². The van der Waals surface area contributed by atoms with E-state index in [4.69, 9.17) is 4.74 Å². The van der Waals surface area contributed by atoms with E-state index in [1.54, 1.807) is 6.07 Å². The molecule has 1 aliphatic heterocycles. The van der Waals surface area contributed by atoms with Crippen LogP contribution in [0.2, 0.25) is 0 Å². The lowest BCUT2D eigenvalue weighted by atomic mass is 9.95. The summed E-state index contributed by atoms with van der Waals surface area (Å²) in [6.45, 7) is 4.36. The fraction of sp³-hybridized carbons (Fsp3) is 0.533. The average Bonchev–Trinajstić information content (AvgIpc) is 2.43. The maximum Gasteiger partial charge on any atom is 0.338 e. The summed E-state index contributed by atoms with van der Waals surface area (Å²) in [4.78, 5) is 13.9. The first-order valence-corrected chi connectivity index (χ1v) is 6.68. The zero-order valence-corrected chi connectivity index (χ0v) is 11.5. The number of esters is 1. The normalized spacial score (nSPS) is 24.2. The van der Waals surface area contributed by atoms with E-state index in [1.807, 2.05) is 18.2 Å². The molecule has 0 aromatic heterocycles. The number of β-amino-alcohol motifs (C(OH)–C–C–N with tert-alkyl or cyclic N) is 1. The van der Waals surface area contributed by atoms with Gasteiger partial charge in [-0.15, -0.1) is 0 Å². The Morgan fingerprint density at radius 2 is 2.21 bits per heavy atom. The number of ether oxygens (including phenoxy) is 1. The Labute approximate surface area is 114 Å². The van der Waals surface area contributed by atoms with Gasteiger partial charge in [-0.2, -0.15) is 0 Å². The van der Waals surface area contributed by atoms with Crippen LogP contribution in [0, 0.1) is 5.92 Å². The van der Waals surface area contributed by atoms with Crippen LogP contribution in [-0.2, 0) is 11.3 Å². The van der Waals surface area contributed by atoms with Crippen LogP contribution in [0.1, 0.15) is 29.3 Å². The van der Waals surface area contributed by atoms with Gasteiger partial charge in [-0.05, 0) is 30.5 Å². The second-order valence-corrected chi connectivity index (χ2v) is 5.22. The van der Waals surface area contributed by atoms with Gasteiger partial charge < -0.3 is 9.84 Å². The molecule has 0 saturated carbocycles. The molecule has 4 heteroatoms. The summed E-state index contributed by atoms with van der Waals surface area (Å²) >= 11 is 0. The first-order chi connectivity index (χ1) is 9.11. The van der Waals surface area contributed by atoms with E-state index in [2.05, 4.69) is 11.8 Å². The fourth-order valence-corrected chi connectivity index (χ4v) is 2.47. The van der Waals surface area contributed by atoms with E-state index in [1.165, 1.54) is 7.11 Å². The van der Waals surface area contributed by atoms with Crippen LogP contribution in [0.4, 0.5) is 0 Å². The number of benzene rings is 1. The van der Waals surface area contributed by atoms with Crippen molar-refractivity contribution in [2.75, 3.05) is 20.2 Å². The Morgan fingerprint density at radius 1 is 1.47 bits per heavy atom. The van der Waals surface area contributed by atoms with Gasteiger partial charge in [-0.25, -0.2) is 4.79 Å². The Morgan fingerprint density at radius 3 is 2.89 bits per heavy atom. The molecule has 2 atom stereocenters. The molecule has 1 aliphatic rings. The molecule has 0 spiro atoms. The predicted molar refractivity (Wildman–Crippen MR) is 72.8 cm³/mol. The highest BCUT2D eigenvalue weighted by atomic mass is 16.5.